The number of H-pyrrole nitrogens is 1. The molecule has 0 radical (unpaired) electrons. The van der Waals surface area contributed by atoms with Gasteiger partial charge < -0.3 is 9.72 Å². The van der Waals surface area contributed by atoms with Crippen molar-refractivity contribution in [3.8, 4) is 22.7 Å². The van der Waals surface area contributed by atoms with Crippen LogP contribution in [0.25, 0.3) is 27.8 Å². The molecule has 108 valence electrons. The van der Waals surface area contributed by atoms with Crippen molar-refractivity contribution in [1.29, 1.82) is 0 Å². The summed E-state index contributed by atoms with van der Waals surface area (Å²) in [4.78, 5) is 15.6. The number of pyridine rings is 1. The lowest BCUT2D eigenvalue weighted by Crippen LogP contribution is -2.14. The Kier molecular flexibility index (Phi) is 2.11. The second-order valence-electron chi connectivity index (χ2n) is 4.91. The maximum Gasteiger partial charge on any atom is 0.282 e. The quantitative estimate of drug-likeness (QED) is 0.618. The van der Waals surface area contributed by atoms with E-state index >= 15 is 0 Å². The minimum atomic E-state index is -2.52. The van der Waals surface area contributed by atoms with Crippen LogP contribution in [-0.2, 0) is 0 Å². The molecule has 2 aliphatic rings. The molecule has 0 bridgehead atoms. The Bertz CT molecular complexity index is 1080. The van der Waals surface area contributed by atoms with Gasteiger partial charge in [0.1, 0.15) is 11.4 Å². The summed E-state index contributed by atoms with van der Waals surface area (Å²) in [6, 6.07) is 14.0. The largest absolute Gasteiger partial charge is 0.497 e. The third-order valence-electron chi connectivity index (χ3n) is 3.61. The fraction of sp³-hybridized carbons (Fsp3) is 0.0588. The molecule has 5 heteroatoms. The first-order valence-electron chi connectivity index (χ1n) is 8.21. The zero-order valence-corrected chi connectivity index (χ0v) is 11.4. The molecule has 2 heterocycles. The molecule has 0 aliphatic carbocycles. The smallest absolute Gasteiger partial charge is 0.282 e. The van der Waals surface area contributed by atoms with Crippen molar-refractivity contribution < 1.29 is 8.85 Å². The van der Waals surface area contributed by atoms with E-state index in [9.17, 15) is 4.79 Å². The van der Waals surface area contributed by atoms with Crippen LogP contribution in [0.15, 0.2) is 59.5 Å². The van der Waals surface area contributed by atoms with E-state index in [2.05, 4.69) is 10.1 Å². The molecule has 5 nitrogen and oxygen atoms in total. The van der Waals surface area contributed by atoms with Gasteiger partial charge >= 0.3 is 0 Å². The SMILES string of the molecule is [2H]C([2H])([2H])Oc1ccc2c3nn(-c4ccccc4)c(=O)c-3c[nH]c2c1. The molecule has 2 aliphatic heterocycles. The van der Waals surface area contributed by atoms with Crippen molar-refractivity contribution in [2.24, 2.45) is 0 Å². The number of benzene rings is 2. The predicted octanol–water partition coefficient (Wildman–Crippen LogP) is 2.83. The predicted molar refractivity (Wildman–Crippen MR) is 84.9 cm³/mol. The van der Waals surface area contributed by atoms with Gasteiger partial charge in [-0.25, -0.2) is 0 Å². The van der Waals surface area contributed by atoms with Crippen LogP contribution in [0.5, 0.6) is 5.75 Å². The molecule has 0 saturated carbocycles. The number of para-hydroxylation sites is 1. The molecule has 0 saturated heterocycles. The zero-order valence-electron chi connectivity index (χ0n) is 14.4. The van der Waals surface area contributed by atoms with Crippen LogP contribution in [0.4, 0.5) is 0 Å². The van der Waals surface area contributed by atoms with E-state index in [1.54, 1.807) is 24.4 Å². The van der Waals surface area contributed by atoms with Gasteiger partial charge in [-0.05, 0) is 24.3 Å². The highest BCUT2D eigenvalue weighted by atomic mass is 16.5. The Balaban J connectivity index is 1.90. The summed E-state index contributed by atoms with van der Waals surface area (Å²) < 4.78 is 27.8. The van der Waals surface area contributed by atoms with Crippen LogP contribution >= 0.6 is 0 Å². The Morgan fingerprint density at radius 3 is 2.91 bits per heavy atom. The Labute approximate surface area is 130 Å². The molecule has 0 amide bonds. The van der Waals surface area contributed by atoms with E-state index in [4.69, 9.17) is 8.85 Å². The molecule has 0 fully saturated rings. The summed E-state index contributed by atoms with van der Waals surface area (Å²) in [5.41, 5.74) is 2.09. The average molecular weight is 294 g/mol. The minimum absolute atomic E-state index is 0.216. The van der Waals surface area contributed by atoms with Gasteiger partial charge in [0.15, 0.2) is 0 Å². The number of nitrogens with one attached hydrogen (secondary N) is 1. The lowest BCUT2D eigenvalue weighted by molar-refractivity contribution is 0.415. The number of aromatic nitrogens is 3. The first-order valence-corrected chi connectivity index (χ1v) is 6.71. The lowest BCUT2D eigenvalue weighted by Gasteiger charge is -2.05. The molecule has 1 N–H and O–H groups in total. The molecular weight excluding hydrogens is 278 g/mol. The van der Waals surface area contributed by atoms with Crippen molar-refractivity contribution >= 4 is 10.9 Å². The van der Waals surface area contributed by atoms with E-state index in [0.717, 1.165) is 0 Å². The van der Waals surface area contributed by atoms with E-state index in [1.165, 1.54) is 4.68 Å². The van der Waals surface area contributed by atoms with Crippen molar-refractivity contribution in [3.63, 3.8) is 0 Å². The summed E-state index contributed by atoms with van der Waals surface area (Å²) >= 11 is 0. The number of methoxy groups -OCH3 is 1. The zero-order chi connectivity index (χ0) is 17.6. The topological polar surface area (TPSA) is 59.9 Å². The van der Waals surface area contributed by atoms with Gasteiger partial charge in [-0.15, -0.1) is 0 Å². The van der Waals surface area contributed by atoms with Crippen molar-refractivity contribution in [2.75, 3.05) is 7.04 Å². The molecule has 2 aromatic rings. The van der Waals surface area contributed by atoms with Crippen molar-refractivity contribution in [1.82, 2.24) is 14.8 Å². The van der Waals surface area contributed by atoms with E-state index in [0.29, 0.717) is 27.8 Å². The summed E-state index contributed by atoms with van der Waals surface area (Å²) in [6.45, 7) is 0. The number of nitrogens with zero attached hydrogens (tertiary/aromatic N) is 2. The maximum atomic E-state index is 12.6. The highest BCUT2D eigenvalue weighted by Gasteiger charge is 2.18. The van der Waals surface area contributed by atoms with Crippen LogP contribution < -0.4 is 10.3 Å². The molecule has 0 aromatic heterocycles. The summed E-state index contributed by atoms with van der Waals surface area (Å²) in [5.74, 6) is 0.216. The van der Waals surface area contributed by atoms with Crippen LogP contribution in [0.3, 0.4) is 0 Å². The molecule has 0 spiro atoms. The third kappa shape index (κ3) is 1.79. The molecule has 22 heavy (non-hydrogen) atoms. The molecule has 2 aromatic carbocycles. The number of hydrogen-bond acceptors (Lipinski definition) is 3. The van der Waals surface area contributed by atoms with Crippen LogP contribution in [0, 0.1) is 0 Å². The highest BCUT2D eigenvalue weighted by molar-refractivity contribution is 5.93. The standard InChI is InChI=1S/C17H13N3O2/c1-22-12-7-8-13-15(9-12)18-10-14-16(13)19-20(17(14)21)11-5-3-2-4-6-11/h2-10,18H,1H3/i1D3. The Morgan fingerprint density at radius 1 is 1.23 bits per heavy atom. The number of aromatic amines is 1. The molecular formula is C17H13N3O2. The number of rotatable bonds is 2. The number of hydrogen-bond donors (Lipinski definition) is 1. The van der Waals surface area contributed by atoms with E-state index in [1.807, 2.05) is 30.3 Å². The van der Waals surface area contributed by atoms with Gasteiger partial charge in [0.2, 0.25) is 0 Å². The van der Waals surface area contributed by atoms with E-state index in [-0.39, 0.29) is 11.3 Å². The second-order valence-corrected chi connectivity index (χ2v) is 4.91. The van der Waals surface area contributed by atoms with Gasteiger partial charge in [0.25, 0.3) is 5.56 Å². The van der Waals surface area contributed by atoms with Gasteiger partial charge in [0.05, 0.1) is 27.9 Å². The highest BCUT2D eigenvalue weighted by Crippen LogP contribution is 2.28. The second kappa shape index (κ2) is 4.73. The maximum absolute atomic E-state index is 12.6. The first kappa shape index (κ1) is 9.78. The number of ether oxygens (including phenoxy) is 1. The van der Waals surface area contributed by atoms with Crippen molar-refractivity contribution in [3.05, 3.63) is 65.1 Å². The molecule has 4 rings (SSSR count). The minimum Gasteiger partial charge on any atom is -0.497 e. The van der Waals surface area contributed by atoms with Crippen LogP contribution in [-0.4, -0.2) is 21.8 Å². The third-order valence-corrected chi connectivity index (χ3v) is 3.61. The van der Waals surface area contributed by atoms with Gasteiger partial charge in [-0.1, -0.05) is 18.2 Å². The molecule has 0 atom stereocenters. The summed E-state index contributed by atoms with van der Waals surface area (Å²) in [7, 11) is -2.52. The monoisotopic (exact) mass is 294 g/mol. The summed E-state index contributed by atoms with van der Waals surface area (Å²) in [5, 5.41) is 5.16. The lowest BCUT2D eigenvalue weighted by atomic mass is 10.1. The van der Waals surface area contributed by atoms with Crippen LogP contribution in [0.1, 0.15) is 4.11 Å². The van der Waals surface area contributed by atoms with Gasteiger partial charge in [-0.3, -0.25) is 4.79 Å². The fourth-order valence-corrected chi connectivity index (χ4v) is 2.55. The molecule has 0 unspecified atom stereocenters. The van der Waals surface area contributed by atoms with E-state index < -0.39 is 7.04 Å². The Morgan fingerprint density at radius 2 is 2.09 bits per heavy atom. The van der Waals surface area contributed by atoms with Crippen molar-refractivity contribution in [2.45, 2.75) is 0 Å². The summed E-state index contributed by atoms with van der Waals surface area (Å²) in [6.07, 6.45) is 1.57. The Hall–Kier alpha value is -3.08. The van der Waals surface area contributed by atoms with Gasteiger partial charge in [0, 0.05) is 17.6 Å². The van der Waals surface area contributed by atoms with Gasteiger partial charge in [-0.2, -0.15) is 9.78 Å². The van der Waals surface area contributed by atoms with Crippen LogP contribution in [0.2, 0.25) is 0 Å². The first-order chi connectivity index (χ1) is 11.9. The normalized spacial score (nSPS) is 13.7. The average Bonchev–Trinajstić information content (AvgIpc) is 2.91. The fourth-order valence-electron chi connectivity index (χ4n) is 2.55. The number of fused-ring (bicyclic) bond motifs is 3.